The van der Waals surface area contributed by atoms with E-state index in [1.165, 1.54) is 33.8 Å². The molecule has 2 heterocycles. The highest BCUT2D eigenvalue weighted by Crippen LogP contribution is 2.29. The summed E-state index contributed by atoms with van der Waals surface area (Å²) in [6.07, 6.45) is -0.115. The molecule has 0 bridgehead atoms. The number of hydrogen-bond acceptors (Lipinski definition) is 6. The van der Waals surface area contributed by atoms with E-state index < -0.39 is 22.2 Å². The number of fused-ring (bicyclic) bond motifs is 1. The molecule has 3 aromatic rings. The lowest BCUT2D eigenvalue weighted by molar-refractivity contribution is -0.124. The fourth-order valence-corrected chi connectivity index (χ4v) is 7.39. The SMILES string of the molecule is CC(C)C[C@H](NC(=O)c1cc2ccccc2s1)C(=O)NC[C@@H]1CN(S(=O)(=O)c2ccc(Cl)cc2Cl)CCO1. The van der Waals surface area contributed by atoms with E-state index in [4.69, 9.17) is 27.9 Å². The maximum Gasteiger partial charge on any atom is 0.262 e. The number of nitrogens with one attached hydrogen (secondary N) is 2. The van der Waals surface area contributed by atoms with Crippen LogP contribution >= 0.6 is 34.5 Å². The minimum atomic E-state index is -3.88. The van der Waals surface area contributed by atoms with Crippen molar-refractivity contribution in [3.8, 4) is 0 Å². The summed E-state index contributed by atoms with van der Waals surface area (Å²) in [6.45, 7) is 4.41. The molecule has 38 heavy (non-hydrogen) atoms. The third-order valence-electron chi connectivity index (χ3n) is 6.10. The van der Waals surface area contributed by atoms with Gasteiger partial charge in [0.1, 0.15) is 10.9 Å². The maximum absolute atomic E-state index is 13.2. The first-order chi connectivity index (χ1) is 18.0. The summed E-state index contributed by atoms with van der Waals surface area (Å²) in [6, 6.07) is 13.0. The molecule has 1 aliphatic heterocycles. The number of halogens is 2. The van der Waals surface area contributed by atoms with Crippen LogP contribution in [0.15, 0.2) is 53.4 Å². The summed E-state index contributed by atoms with van der Waals surface area (Å²) in [5.74, 6) is -0.500. The Bertz CT molecular complexity index is 1390. The first kappa shape index (κ1) is 28.8. The van der Waals surface area contributed by atoms with Gasteiger partial charge >= 0.3 is 0 Å². The van der Waals surface area contributed by atoms with Crippen molar-refractivity contribution in [3.63, 3.8) is 0 Å². The van der Waals surface area contributed by atoms with Crippen molar-refractivity contribution in [2.24, 2.45) is 5.92 Å². The Morgan fingerprint density at radius 2 is 1.92 bits per heavy atom. The van der Waals surface area contributed by atoms with Crippen LogP contribution in [0.1, 0.15) is 29.9 Å². The fourth-order valence-electron chi connectivity index (χ4n) is 4.22. The molecule has 0 radical (unpaired) electrons. The van der Waals surface area contributed by atoms with E-state index in [-0.39, 0.29) is 53.9 Å². The van der Waals surface area contributed by atoms with Gasteiger partial charge in [-0.2, -0.15) is 4.31 Å². The van der Waals surface area contributed by atoms with E-state index >= 15 is 0 Å². The molecule has 8 nitrogen and oxygen atoms in total. The summed E-state index contributed by atoms with van der Waals surface area (Å²) in [5, 5.41) is 7.05. The van der Waals surface area contributed by atoms with E-state index in [1.807, 2.05) is 44.2 Å². The number of carbonyl (C=O) groups is 2. The smallest absolute Gasteiger partial charge is 0.262 e. The lowest BCUT2D eigenvalue weighted by Crippen LogP contribution is -2.52. The Morgan fingerprint density at radius 3 is 2.63 bits per heavy atom. The second-order valence-electron chi connectivity index (χ2n) is 9.48. The van der Waals surface area contributed by atoms with Gasteiger partial charge in [-0.1, -0.05) is 55.2 Å². The molecule has 0 spiro atoms. The number of carbonyl (C=O) groups excluding carboxylic acids is 2. The van der Waals surface area contributed by atoms with Crippen LogP contribution in [0, 0.1) is 5.92 Å². The zero-order valence-corrected chi connectivity index (χ0v) is 24.1. The van der Waals surface area contributed by atoms with Crippen molar-refractivity contribution in [2.75, 3.05) is 26.2 Å². The molecule has 12 heteroatoms. The van der Waals surface area contributed by atoms with Gasteiger partial charge in [0, 0.05) is 29.4 Å². The van der Waals surface area contributed by atoms with Crippen LogP contribution in [0.25, 0.3) is 10.1 Å². The average molecular weight is 599 g/mol. The van der Waals surface area contributed by atoms with Crippen molar-refractivity contribution >= 4 is 66.5 Å². The first-order valence-electron chi connectivity index (χ1n) is 12.2. The number of rotatable bonds is 9. The molecule has 2 aromatic carbocycles. The number of sulfonamides is 1. The Labute approximate surface area is 236 Å². The van der Waals surface area contributed by atoms with Crippen LogP contribution in [-0.2, 0) is 19.6 Å². The minimum Gasteiger partial charge on any atom is -0.374 e. The molecule has 0 unspecified atom stereocenters. The summed E-state index contributed by atoms with van der Waals surface area (Å²) < 4.78 is 34.3. The second kappa shape index (κ2) is 12.3. The minimum absolute atomic E-state index is 0.0331. The number of amides is 2. The Kier molecular flexibility index (Phi) is 9.33. The molecule has 204 valence electrons. The topological polar surface area (TPSA) is 105 Å². The molecule has 2 atom stereocenters. The molecule has 1 fully saturated rings. The highest BCUT2D eigenvalue weighted by Gasteiger charge is 2.33. The fraction of sp³-hybridized carbons (Fsp3) is 0.385. The summed E-state index contributed by atoms with van der Waals surface area (Å²) >= 11 is 13.4. The zero-order valence-electron chi connectivity index (χ0n) is 20.9. The highest BCUT2D eigenvalue weighted by atomic mass is 35.5. The molecule has 0 saturated carbocycles. The van der Waals surface area contributed by atoms with E-state index in [0.717, 1.165) is 10.1 Å². The van der Waals surface area contributed by atoms with E-state index in [1.54, 1.807) is 0 Å². The second-order valence-corrected chi connectivity index (χ2v) is 13.3. The van der Waals surface area contributed by atoms with Gasteiger partial charge in [0.15, 0.2) is 0 Å². The molecule has 1 aromatic heterocycles. The van der Waals surface area contributed by atoms with Gasteiger partial charge in [0.25, 0.3) is 5.91 Å². The predicted octanol–water partition coefficient (Wildman–Crippen LogP) is 4.56. The van der Waals surface area contributed by atoms with E-state index in [0.29, 0.717) is 16.3 Å². The highest BCUT2D eigenvalue weighted by molar-refractivity contribution is 7.89. The molecule has 0 aliphatic carbocycles. The number of hydrogen-bond donors (Lipinski definition) is 2. The third kappa shape index (κ3) is 6.86. The molecule has 4 rings (SSSR count). The molecule has 2 amide bonds. The van der Waals surface area contributed by atoms with Crippen LogP contribution in [0.5, 0.6) is 0 Å². The van der Waals surface area contributed by atoms with Crippen LogP contribution in [0.4, 0.5) is 0 Å². The van der Waals surface area contributed by atoms with Gasteiger partial charge in [-0.15, -0.1) is 11.3 Å². The predicted molar refractivity (Wildman–Crippen MR) is 151 cm³/mol. The van der Waals surface area contributed by atoms with Crippen LogP contribution < -0.4 is 10.6 Å². The Morgan fingerprint density at radius 1 is 1.16 bits per heavy atom. The largest absolute Gasteiger partial charge is 0.374 e. The maximum atomic E-state index is 13.2. The normalized spacial score (nSPS) is 17.4. The molecule has 2 N–H and O–H groups in total. The quantitative estimate of drug-likeness (QED) is 0.376. The summed E-state index contributed by atoms with van der Waals surface area (Å²) in [4.78, 5) is 26.6. The van der Waals surface area contributed by atoms with Crippen molar-refractivity contribution in [1.29, 1.82) is 0 Å². The van der Waals surface area contributed by atoms with Crippen LogP contribution in [0.2, 0.25) is 10.0 Å². The average Bonchev–Trinajstić information content (AvgIpc) is 3.31. The molecular weight excluding hydrogens is 569 g/mol. The molecule has 1 saturated heterocycles. The van der Waals surface area contributed by atoms with Gasteiger partial charge in [0.2, 0.25) is 15.9 Å². The van der Waals surface area contributed by atoms with Crippen molar-refractivity contribution in [3.05, 3.63) is 63.5 Å². The van der Waals surface area contributed by atoms with Crippen LogP contribution in [-0.4, -0.2) is 62.9 Å². The van der Waals surface area contributed by atoms with Gasteiger partial charge in [-0.3, -0.25) is 9.59 Å². The van der Waals surface area contributed by atoms with Gasteiger partial charge < -0.3 is 15.4 Å². The monoisotopic (exact) mass is 597 g/mol. The lowest BCUT2D eigenvalue weighted by atomic mass is 10.0. The van der Waals surface area contributed by atoms with E-state index in [2.05, 4.69) is 10.6 Å². The number of nitrogens with zero attached hydrogens (tertiary/aromatic N) is 1. The van der Waals surface area contributed by atoms with Crippen molar-refractivity contribution < 1.29 is 22.7 Å². The number of ether oxygens (including phenoxy) is 1. The first-order valence-corrected chi connectivity index (χ1v) is 15.2. The summed E-state index contributed by atoms with van der Waals surface area (Å²) in [7, 11) is -3.88. The van der Waals surface area contributed by atoms with Gasteiger partial charge in [-0.25, -0.2) is 8.42 Å². The standard InChI is InChI=1S/C26H29Cl2N3O5S2/c1-16(2)11-21(30-26(33)23-12-17-5-3-4-6-22(17)37-23)25(32)29-14-19-15-31(9-10-36-19)38(34,35)24-8-7-18(27)13-20(24)28/h3-8,12-13,16,19,21H,9-11,14-15H2,1-2H3,(H,29,32)(H,30,33)/t19-,21+/m1/s1. The van der Waals surface area contributed by atoms with Crippen molar-refractivity contribution in [2.45, 2.75) is 37.3 Å². The molecule has 1 aliphatic rings. The van der Waals surface area contributed by atoms with E-state index in [9.17, 15) is 18.0 Å². The lowest BCUT2D eigenvalue weighted by Gasteiger charge is -2.32. The summed E-state index contributed by atoms with van der Waals surface area (Å²) in [5.41, 5.74) is 0. The number of thiophene rings is 1. The van der Waals surface area contributed by atoms with Gasteiger partial charge in [-0.05, 0) is 48.1 Å². The number of morpholine rings is 1. The van der Waals surface area contributed by atoms with Crippen molar-refractivity contribution in [1.82, 2.24) is 14.9 Å². The Hall–Kier alpha value is -2.21. The Balaban J connectivity index is 1.39. The molecular formula is C26H29Cl2N3O5S2. The van der Waals surface area contributed by atoms with Crippen LogP contribution in [0.3, 0.4) is 0 Å². The third-order valence-corrected chi connectivity index (χ3v) is 9.79. The zero-order chi connectivity index (χ0) is 27.4. The number of benzene rings is 2. The van der Waals surface area contributed by atoms with Gasteiger partial charge in [0.05, 0.1) is 22.6 Å².